The average Bonchev–Trinajstić information content (AvgIpc) is 2.60. The Morgan fingerprint density at radius 3 is 2.40 bits per heavy atom. The summed E-state index contributed by atoms with van der Waals surface area (Å²) in [5.41, 5.74) is 1.01. The lowest BCUT2D eigenvalue weighted by molar-refractivity contribution is -0.163. The zero-order valence-electron chi connectivity index (χ0n) is 12.7. The summed E-state index contributed by atoms with van der Waals surface area (Å²) in [6.45, 7) is 6.60. The van der Waals surface area contributed by atoms with Gasteiger partial charge in [-0.3, -0.25) is 4.79 Å². The summed E-state index contributed by atoms with van der Waals surface area (Å²) in [4.78, 5) is 12.3. The first-order valence-electron chi connectivity index (χ1n) is 6.90. The Hall–Kier alpha value is -0.900. The number of carbonyl (C=O) groups is 1. The van der Waals surface area contributed by atoms with Gasteiger partial charge in [-0.1, -0.05) is 24.3 Å². The van der Waals surface area contributed by atoms with Crippen LogP contribution >= 0.6 is 12.4 Å². The maximum atomic E-state index is 12.3. The smallest absolute Gasteiger partial charge is 0.166 e. The molecule has 0 saturated carbocycles. The van der Waals surface area contributed by atoms with E-state index >= 15 is 0 Å². The number of Topliss-reactive ketones (excluding diaryl/α,β-unsaturated/α-hetero) is 1. The van der Waals surface area contributed by atoms with Gasteiger partial charge in [0.05, 0.1) is 5.60 Å². The maximum absolute atomic E-state index is 12.3. The van der Waals surface area contributed by atoms with Crippen molar-refractivity contribution in [3.8, 4) is 0 Å². The van der Waals surface area contributed by atoms with Crippen LogP contribution < -0.4 is 5.32 Å². The minimum absolute atomic E-state index is 0. The van der Waals surface area contributed by atoms with Crippen LogP contribution in [0, 0.1) is 0 Å². The maximum Gasteiger partial charge on any atom is 0.166 e. The van der Waals surface area contributed by atoms with E-state index in [9.17, 15) is 4.79 Å². The lowest BCUT2D eigenvalue weighted by Gasteiger charge is -2.30. The van der Waals surface area contributed by atoms with Crippen LogP contribution in [0.4, 0.5) is 0 Å². The first kappa shape index (κ1) is 17.2. The molecule has 0 amide bonds. The SMILES string of the molecule is CNCCCC1(C(C)=O)OC(C)(C)c2ccccc21.Cl. The van der Waals surface area contributed by atoms with Crippen LogP contribution in [0.15, 0.2) is 24.3 Å². The van der Waals surface area contributed by atoms with E-state index in [1.807, 2.05) is 39.1 Å². The topological polar surface area (TPSA) is 38.3 Å². The summed E-state index contributed by atoms with van der Waals surface area (Å²) in [7, 11) is 1.92. The molecule has 1 aliphatic heterocycles. The third kappa shape index (κ3) is 2.76. The molecule has 0 bridgehead atoms. The quantitative estimate of drug-likeness (QED) is 0.849. The summed E-state index contributed by atoms with van der Waals surface area (Å²) in [5, 5.41) is 3.13. The Bertz CT molecular complexity index is 487. The van der Waals surface area contributed by atoms with Crippen LogP contribution in [0.2, 0.25) is 0 Å². The molecule has 1 aliphatic rings. The number of carbonyl (C=O) groups excluding carboxylic acids is 1. The molecule has 1 atom stereocenters. The molecule has 0 aromatic heterocycles. The number of hydrogen-bond donors (Lipinski definition) is 1. The highest BCUT2D eigenvalue weighted by atomic mass is 35.5. The fourth-order valence-electron chi connectivity index (χ4n) is 3.04. The van der Waals surface area contributed by atoms with Crippen molar-refractivity contribution in [1.82, 2.24) is 5.32 Å². The van der Waals surface area contributed by atoms with Crippen LogP contribution in [-0.2, 0) is 20.7 Å². The van der Waals surface area contributed by atoms with Crippen LogP contribution in [-0.4, -0.2) is 19.4 Å². The standard InChI is InChI=1S/C16H23NO2.ClH/c1-12(18)16(10-7-11-17-4)14-9-6-5-8-13(14)15(2,3)19-16;/h5-6,8-9,17H,7,10-11H2,1-4H3;1H. The largest absolute Gasteiger partial charge is 0.352 e. The van der Waals surface area contributed by atoms with Crippen molar-refractivity contribution in [2.75, 3.05) is 13.6 Å². The number of halogens is 1. The first-order chi connectivity index (χ1) is 8.94. The van der Waals surface area contributed by atoms with Gasteiger partial charge < -0.3 is 10.1 Å². The Morgan fingerprint density at radius 2 is 1.85 bits per heavy atom. The fourth-order valence-corrected chi connectivity index (χ4v) is 3.04. The predicted molar refractivity (Wildman–Crippen MR) is 83.3 cm³/mol. The number of ketones is 1. The van der Waals surface area contributed by atoms with Gasteiger partial charge in [-0.15, -0.1) is 12.4 Å². The van der Waals surface area contributed by atoms with Crippen molar-refractivity contribution in [2.45, 2.75) is 44.8 Å². The highest BCUT2D eigenvalue weighted by molar-refractivity contribution is 5.88. The molecule has 0 radical (unpaired) electrons. The Balaban J connectivity index is 0.00000200. The molecule has 0 fully saturated rings. The molecule has 3 nitrogen and oxygen atoms in total. The van der Waals surface area contributed by atoms with E-state index in [1.54, 1.807) is 6.92 Å². The second-order valence-electron chi connectivity index (χ2n) is 5.75. The molecular formula is C16H24ClNO2. The highest BCUT2D eigenvalue weighted by Gasteiger charge is 2.51. The zero-order valence-corrected chi connectivity index (χ0v) is 13.5. The van der Waals surface area contributed by atoms with Gasteiger partial charge in [0.15, 0.2) is 11.4 Å². The number of rotatable bonds is 5. The van der Waals surface area contributed by atoms with Gasteiger partial charge >= 0.3 is 0 Å². The van der Waals surface area contributed by atoms with E-state index in [0.29, 0.717) is 0 Å². The molecular weight excluding hydrogens is 274 g/mol. The molecule has 1 heterocycles. The Kier molecular flexibility index (Phi) is 5.36. The number of hydrogen-bond acceptors (Lipinski definition) is 3. The Morgan fingerprint density at radius 1 is 1.25 bits per heavy atom. The van der Waals surface area contributed by atoms with Gasteiger partial charge in [0, 0.05) is 0 Å². The van der Waals surface area contributed by atoms with Crippen LogP contribution in [0.25, 0.3) is 0 Å². The lowest BCUT2D eigenvalue weighted by atomic mass is 9.83. The van der Waals surface area contributed by atoms with Gasteiger partial charge in [0.1, 0.15) is 0 Å². The monoisotopic (exact) mass is 297 g/mol. The average molecular weight is 298 g/mol. The molecule has 1 aromatic carbocycles. The molecule has 4 heteroatoms. The second kappa shape index (κ2) is 6.25. The zero-order chi connectivity index (χ0) is 14.1. The van der Waals surface area contributed by atoms with E-state index in [0.717, 1.165) is 30.5 Å². The van der Waals surface area contributed by atoms with Gasteiger partial charge in [-0.2, -0.15) is 0 Å². The minimum atomic E-state index is -0.767. The van der Waals surface area contributed by atoms with Crippen molar-refractivity contribution in [3.63, 3.8) is 0 Å². The number of ether oxygens (including phenoxy) is 1. The van der Waals surface area contributed by atoms with Crippen LogP contribution in [0.3, 0.4) is 0 Å². The van der Waals surface area contributed by atoms with Gasteiger partial charge in [-0.05, 0) is 58.3 Å². The summed E-state index contributed by atoms with van der Waals surface area (Å²) in [6, 6.07) is 8.09. The molecule has 2 rings (SSSR count). The number of benzene rings is 1. The van der Waals surface area contributed by atoms with E-state index in [2.05, 4.69) is 11.4 Å². The summed E-state index contributed by atoms with van der Waals surface area (Å²) >= 11 is 0. The van der Waals surface area contributed by atoms with Gasteiger partial charge in [0.2, 0.25) is 0 Å². The molecule has 0 spiro atoms. The fraction of sp³-hybridized carbons (Fsp3) is 0.562. The van der Waals surface area contributed by atoms with Gasteiger partial charge in [0.25, 0.3) is 0 Å². The summed E-state index contributed by atoms with van der Waals surface area (Å²) in [5.74, 6) is 0.0987. The number of fused-ring (bicyclic) bond motifs is 1. The van der Waals surface area contributed by atoms with Crippen molar-refractivity contribution >= 4 is 18.2 Å². The third-order valence-corrected chi connectivity index (χ3v) is 3.96. The molecule has 1 N–H and O–H groups in total. The summed E-state index contributed by atoms with van der Waals surface area (Å²) in [6.07, 6.45) is 1.64. The highest BCUT2D eigenvalue weighted by Crippen LogP contribution is 2.49. The number of nitrogens with one attached hydrogen (secondary N) is 1. The first-order valence-corrected chi connectivity index (χ1v) is 6.90. The van der Waals surface area contributed by atoms with Crippen LogP contribution in [0.1, 0.15) is 44.7 Å². The van der Waals surface area contributed by atoms with Crippen molar-refractivity contribution in [2.24, 2.45) is 0 Å². The van der Waals surface area contributed by atoms with Gasteiger partial charge in [-0.25, -0.2) is 0 Å². The molecule has 20 heavy (non-hydrogen) atoms. The van der Waals surface area contributed by atoms with E-state index in [-0.39, 0.29) is 18.2 Å². The molecule has 1 unspecified atom stereocenters. The van der Waals surface area contributed by atoms with Crippen LogP contribution in [0.5, 0.6) is 0 Å². The molecule has 0 saturated heterocycles. The molecule has 0 aliphatic carbocycles. The molecule has 1 aromatic rings. The minimum Gasteiger partial charge on any atom is -0.352 e. The predicted octanol–water partition coefficient (Wildman–Crippen LogP) is 3.16. The normalized spacial score (nSPS) is 23.0. The van der Waals surface area contributed by atoms with E-state index < -0.39 is 11.2 Å². The van der Waals surface area contributed by atoms with Crippen molar-refractivity contribution in [1.29, 1.82) is 0 Å². The van der Waals surface area contributed by atoms with Crippen molar-refractivity contribution in [3.05, 3.63) is 35.4 Å². The van der Waals surface area contributed by atoms with E-state index in [1.165, 1.54) is 0 Å². The third-order valence-electron chi connectivity index (χ3n) is 3.96. The second-order valence-corrected chi connectivity index (χ2v) is 5.75. The van der Waals surface area contributed by atoms with E-state index in [4.69, 9.17) is 4.74 Å². The lowest BCUT2D eigenvalue weighted by Crippen LogP contribution is -2.37. The van der Waals surface area contributed by atoms with Crippen molar-refractivity contribution < 1.29 is 9.53 Å². The summed E-state index contributed by atoms with van der Waals surface area (Å²) < 4.78 is 6.24. The Labute approximate surface area is 127 Å². The molecule has 112 valence electrons.